The lowest BCUT2D eigenvalue weighted by molar-refractivity contribution is 0.136. The Morgan fingerprint density at radius 1 is 0.929 bits per heavy atom. The number of nitrogens with one attached hydrogen (secondary N) is 2. The molecule has 1 aromatic carbocycles. The number of aromatic nitrogens is 2. The highest BCUT2D eigenvalue weighted by molar-refractivity contribution is 5.51. The maximum atomic E-state index is 4.30. The van der Waals surface area contributed by atoms with E-state index in [2.05, 4.69) is 72.6 Å². The van der Waals surface area contributed by atoms with Crippen LogP contribution in [0.15, 0.2) is 42.7 Å². The highest BCUT2D eigenvalue weighted by Gasteiger charge is 2.38. The van der Waals surface area contributed by atoms with Crippen molar-refractivity contribution in [3.63, 3.8) is 0 Å². The number of piperidine rings is 2. The van der Waals surface area contributed by atoms with Crippen LogP contribution in [-0.2, 0) is 0 Å². The molecule has 5 nitrogen and oxygen atoms in total. The fourth-order valence-electron chi connectivity index (χ4n) is 5.32. The summed E-state index contributed by atoms with van der Waals surface area (Å²) in [6, 6.07) is 12.0. The molecular formula is C23H35N5. The van der Waals surface area contributed by atoms with Gasteiger partial charge in [-0.05, 0) is 83.7 Å². The van der Waals surface area contributed by atoms with Gasteiger partial charge in [-0.2, -0.15) is 5.10 Å². The second kappa shape index (κ2) is 7.53. The van der Waals surface area contributed by atoms with Gasteiger partial charge in [0.15, 0.2) is 0 Å². The molecule has 0 unspecified atom stereocenters. The van der Waals surface area contributed by atoms with E-state index in [0.29, 0.717) is 12.1 Å². The number of hydrogen-bond donors (Lipinski definition) is 2. The Labute approximate surface area is 169 Å². The van der Waals surface area contributed by atoms with Crippen molar-refractivity contribution in [2.75, 3.05) is 18.0 Å². The van der Waals surface area contributed by atoms with E-state index in [4.69, 9.17) is 0 Å². The number of nitrogens with zero attached hydrogens (tertiary/aromatic N) is 3. The molecule has 0 spiro atoms. The van der Waals surface area contributed by atoms with Crippen LogP contribution >= 0.6 is 0 Å². The highest BCUT2D eigenvalue weighted by Crippen LogP contribution is 2.30. The second-order valence-corrected chi connectivity index (χ2v) is 9.89. The van der Waals surface area contributed by atoms with Gasteiger partial charge in [0.05, 0.1) is 5.69 Å². The molecule has 2 saturated heterocycles. The molecule has 0 bridgehead atoms. The number of hydrogen-bond acceptors (Lipinski definition) is 4. The van der Waals surface area contributed by atoms with Crippen molar-refractivity contribution in [3.8, 4) is 5.69 Å². The van der Waals surface area contributed by atoms with Gasteiger partial charge in [-0.15, -0.1) is 0 Å². The number of anilines is 1. The van der Waals surface area contributed by atoms with Crippen molar-refractivity contribution in [1.29, 1.82) is 0 Å². The minimum Gasteiger partial charge on any atom is -0.371 e. The van der Waals surface area contributed by atoms with E-state index in [9.17, 15) is 0 Å². The lowest BCUT2D eigenvalue weighted by Crippen LogP contribution is -2.63. The largest absolute Gasteiger partial charge is 0.371 e. The summed E-state index contributed by atoms with van der Waals surface area (Å²) >= 11 is 0. The van der Waals surface area contributed by atoms with Gasteiger partial charge in [0.1, 0.15) is 0 Å². The average Bonchev–Trinajstić information content (AvgIpc) is 3.14. The van der Waals surface area contributed by atoms with Crippen molar-refractivity contribution >= 4 is 5.69 Å². The maximum absolute atomic E-state index is 4.30. The van der Waals surface area contributed by atoms with E-state index >= 15 is 0 Å². The lowest BCUT2D eigenvalue weighted by Gasteiger charge is -2.48. The Hall–Kier alpha value is -1.85. The summed E-state index contributed by atoms with van der Waals surface area (Å²) < 4.78 is 1.90. The quantitative estimate of drug-likeness (QED) is 0.847. The molecule has 28 heavy (non-hydrogen) atoms. The molecule has 2 aromatic rings. The van der Waals surface area contributed by atoms with Crippen molar-refractivity contribution in [1.82, 2.24) is 20.4 Å². The summed E-state index contributed by atoms with van der Waals surface area (Å²) in [5, 5.41) is 12.1. The zero-order valence-corrected chi connectivity index (χ0v) is 17.8. The SMILES string of the molecule is CC1(C)CC(NC2CCN(c3ccc(-n4cccn4)cc3)CC2)CC(C)(C)N1. The summed E-state index contributed by atoms with van der Waals surface area (Å²) in [7, 11) is 0. The van der Waals surface area contributed by atoms with E-state index in [1.165, 1.54) is 31.4 Å². The summed E-state index contributed by atoms with van der Waals surface area (Å²) in [6.07, 6.45) is 8.63. The molecule has 2 aliphatic rings. The van der Waals surface area contributed by atoms with E-state index < -0.39 is 0 Å². The molecule has 0 atom stereocenters. The first-order chi connectivity index (χ1) is 13.3. The third-order valence-corrected chi connectivity index (χ3v) is 6.14. The minimum absolute atomic E-state index is 0.205. The molecule has 0 amide bonds. The van der Waals surface area contributed by atoms with Crippen LogP contribution in [0.2, 0.25) is 0 Å². The first-order valence-electron chi connectivity index (χ1n) is 10.7. The van der Waals surface area contributed by atoms with Crippen LogP contribution in [0, 0.1) is 0 Å². The smallest absolute Gasteiger partial charge is 0.0647 e. The molecule has 152 valence electrons. The normalized spacial score (nSPS) is 23.1. The van der Waals surface area contributed by atoms with Crippen molar-refractivity contribution in [2.45, 2.75) is 76.5 Å². The summed E-state index contributed by atoms with van der Waals surface area (Å²) in [5.74, 6) is 0. The molecule has 0 saturated carbocycles. The molecular weight excluding hydrogens is 346 g/mol. The van der Waals surface area contributed by atoms with Crippen LogP contribution in [0.5, 0.6) is 0 Å². The van der Waals surface area contributed by atoms with E-state index in [1.807, 2.05) is 23.1 Å². The summed E-state index contributed by atoms with van der Waals surface area (Å²) in [6.45, 7) is 11.6. The van der Waals surface area contributed by atoms with E-state index in [0.717, 1.165) is 18.8 Å². The second-order valence-electron chi connectivity index (χ2n) is 9.89. The molecule has 2 aliphatic heterocycles. The fourth-order valence-corrected chi connectivity index (χ4v) is 5.32. The standard InChI is InChI=1S/C23H35N5/c1-22(2)16-19(17-23(3,4)26-22)25-18-10-14-27(15-11-18)20-6-8-21(9-7-20)28-13-5-12-24-28/h5-9,12-13,18-19,25-26H,10-11,14-17H2,1-4H3. The molecule has 4 rings (SSSR count). The highest BCUT2D eigenvalue weighted by atomic mass is 15.3. The van der Waals surface area contributed by atoms with E-state index in [1.54, 1.807) is 0 Å². The van der Waals surface area contributed by atoms with Gasteiger partial charge in [-0.3, -0.25) is 0 Å². The zero-order chi connectivity index (χ0) is 19.8. The molecule has 0 aliphatic carbocycles. The number of rotatable bonds is 4. The predicted molar refractivity (Wildman–Crippen MR) is 116 cm³/mol. The third kappa shape index (κ3) is 4.58. The molecule has 5 heteroatoms. The topological polar surface area (TPSA) is 45.1 Å². The van der Waals surface area contributed by atoms with E-state index in [-0.39, 0.29) is 11.1 Å². The Balaban J connectivity index is 1.31. The van der Waals surface area contributed by atoms with Gasteiger partial charge >= 0.3 is 0 Å². The molecule has 2 N–H and O–H groups in total. The average molecular weight is 382 g/mol. The van der Waals surface area contributed by atoms with Gasteiger partial charge in [-0.1, -0.05) is 0 Å². The van der Waals surface area contributed by atoms with Gasteiger partial charge < -0.3 is 15.5 Å². The number of benzene rings is 1. The Kier molecular flexibility index (Phi) is 5.23. The van der Waals surface area contributed by atoms with Crippen molar-refractivity contribution in [2.24, 2.45) is 0 Å². The van der Waals surface area contributed by atoms with Crippen LogP contribution in [0.1, 0.15) is 53.4 Å². The third-order valence-electron chi connectivity index (χ3n) is 6.14. The monoisotopic (exact) mass is 381 g/mol. The molecule has 0 radical (unpaired) electrons. The first-order valence-corrected chi connectivity index (χ1v) is 10.7. The van der Waals surface area contributed by atoms with Crippen molar-refractivity contribution in [3.05, 3.63) is 42.7 Å². The van der Waals surface area contributed by atoms with Crippen LogP contribution < -0.4 is 15.5 Å². The van der Waals surface area contributed by atoms with Gasteiger partial charge in [0, 0.05) is 54.3 Å². The predicted octanol–water partition coefficient (Wildman–Crippen LogP) is 3.74. The Morgan fingerprint density at radius 3 is 2.11 bits per heavy atom. The van der Waals surface area contributed by atoms with Crippen LogP contribution in [0.4, 0.5) is 5.69 Å². The van der Waals surface area contributed by atoms with Crippen molar-refractivity contribution < 1.29 is 0 Å². The summed E-state index contributed by atoms with van der Waals surface area (Å²) in [5.41, 5.74) is 2.84. The molecule has 1 aromatic heterocycles. The van der Waals surface area contributed by atoms with Gasteiger partial charge in [0.25, 0.3) is 0 Å². The molecule has 3 heterocycles. The Morgan fingerprint density at radius 2 is 1.54 bits per heavy atom. The first kappa shape index (κ1) is 19.5. The van der Waals surface area contributed by atoms with Crippen LogP contribution in [0.25, 0.3) is 5.69 Å². The maximum Gasteiger partial charge on any atom is 0.0647 e. The molecule has 2 fully saturated rings. The fraction of sp³-hybridized carbons (Fsp3) is 0.609. The van der Waals surface area contributed by atoms with Gasteiger partial charge in [-0.25, -0.2) is 4.68 Å². The summed E-state index contributed by atoms with van der Waals surface area (Å²) in [4.78, 5) is 2.52. The van der Waals surface area contributed by atoms with Crippen LogP contribution in [-0.4, -0.2) is 46.0 Å². The lowest BCUT2D eigenvalue weighted by atomic mass is 9.79. The minimum atomic E-state index is 0.205. The Bertz CT molecular complexity index is 739. The zero-order valence-electron chi connectivity index (χ0n) is 17.8. The van der Waals surface area contributed by atoms with Crippen LogP contribution in [0.3, 0.4) is 0 Å². The van der Waals surface area contributed by atoms with Gasteiger partial charge in [0.2, 0.25) is 0 Å².